The molecule has 25 heavy (non-hydrogen) atoms. The van der Waals surface area contributed by atoms with E-state index in [0.29, 0.717) is 24.7 Å². The highest BCUT2D eigenvalue weighted by Gasteiger charge is 2.31. The summed E-state index contributed by atoms with van der Waals surface area (Å²) in [7, 11) is -3.51. The molecule has 0 saturated heterocycles. The van der Waals surface area contributed by atoms with Crippen LogP contribution in [0.1, 0.15) is 30.0 Å². The van der Waals surface area contributed by atoms with Crippen LogP contribution in [0.4, 0.5) is 5.82 Å². The predicted molar refractivity (Wildman–Crippen MR) is 94.7 cm³/mol. The predicted octanol–water partition coefficient (Wildman–Crippen LogP) is 1.84. The fourth-order valence-electron chi connectivity index (χ4n) is 3.16. The average molecular weight is 359 g/mol. The van der Waals surface area contributed by atoms with Gasteiger partial charge >= 0.3 is 0 Å². The van der Waals surface area contributed by atoms with Gasteiger partial charge in [-0.1, -0.05) is 24.3 Å². The van der Waals surface area contributed by atoms with Crippen molar-refractivity contribution < 1.29 is 13.5 Å². The maximum atomic E-state index is 12.2. The van der Waals surface area contributed by atoms with Crippen molar-refractivity contribution in [3.8, 4) is 0 Å². The molecule has 1 aromatic carbocycles. The lowest BCUT2D eigenvalue weighted by Gasteiger charge is -2.18. The summed E-state index contributed by atoms with van der Waals surface area (Å²) in [6.07, 6.45) is 3.61. The van der Waals surface area contributed by atoms with E-state index in [9.17, 15) is 13.5 Å². The zero-order valence-electron chi connectivity index (χ0n) is 13.7. The lowest BCUT2D eigenvalue weighted by molar-refractivity contribution is 0.165. The van der Waals surface area contributed by atoms with Crippen molar-refractivity contribution in [3.63, 3.8) is 0 Å². The Hall–Kier alpha value is -1.96. The van der Waals surface area contributed by atoms with Gasteiger partial charge in [0.2, 0.25) is 10.0 Å². The summed E-state index contributed by atoms with van der Waals surface area (Å²) in [6, 6.07) is 10.8. The van der Waals surface area contributed by atoms with Gasteiger partial charge in [-0.15, -0.1) is 0 Å². The van der Waals surface area contributed by atoms with E-state index < -0.39 is 16.1 Å². The molecule has 0 bridgehead atoms. The zero-order valence-corrected chi connectivity index (χ0v) is 14.5. The average Bonchev–Trinajstić information content (AvgIpc) is 3.39. The van der Waals surface area contributed by atoms with Crippen LogP contribution in [0, 0.1) is 5.92 Å². The Morgan fingerprint density at radius 2 is 1.96 bits per heavy atom. The van der Waals surface area contributed by atoms with Crippen LogP contribution in [-0.4, -0.2) is 31.2 Å². The smallest absolute Gasteiger partial charge is 0.242 e. The first kappa shape index (κ1) is 16.5. The standard InChI is InChI=1S/C18H21N3O3S/c22-16-9-13-3-1-2-4-15(13)18(16)21-17-8-7-14(11-19-17)25(23,24)20-10-12-5-6-12/h1-4,7-8,11-12,16,18,20,22H,5-6,9-10H2,(H,19,21)/t16-,18+/m1/s1. The van der Waals surface area contributed by atoms with Crippen molar-refractivity contribution in [1.82, 2.24) is 9.71 Å². The van der Waals surface area contributed by atoms with Gasteiger partial charge < -0.3 is 10.4 Å². The van der Waals surface area contributed by atoms with Crippen LogP contribution in [-0.2, 0) is 16.4 Å². The highest BCUT2D eigenvalue weighted by molar-refractivity contribution is 7.89. The largest absolute Gasteiger partial charge is 0.390 e. The fourth-order valence-corrected chi connectivity index (χ4v) is 4.23. The fraction of sp³-hybridized carbons (Fsp3) is 0.389. The van der Waals surface area contributed by atoms with E-state index in [1.165, 1.54) is 12.3 Å². The number of aliphatic hydroxyl groups excluding tert-OH is 1. The Bertz CT molecular complexity index is 863. The van der Waals surface area contributed by atoms with Crippen molar-refractivity contribution in [1.29, 1.82) is 0 Å². The molecule has 1 saturated carbocycles. The molecule has 2 aliphatic rings. The molecular weight excluding hydrogens is 338 g/mol. The van der Waals surface area contributed by atoms with Gasteiger partial charge in [0.15, 0.2) is 0 Å². The molecule has 4 rings (SSSR count). The molecule has 6 nitrogen and oxygen atoms in total. The van der Waals surface area contributed by atoms with Gasteiger partial charge in [0, 0.05) is 19.2 Å². The first-order chi connectivity index (χ1) is 12.0. The van der Waals surface area contributed by atoms with Crippen molar-refractivity contribution >= 4 is 15.8 Å². The summed E-state index contributed by atoms with van der Waals surface area (Å²) >= 11 is 0. The van der Waals surface area contributed by atoms with E-state index >= 15 is 0 Å². The van der Waals surface area contributed by atoms with Gasteiger partial charge in [-0.25, -0.2) is 18.1 Å². The van der Waals surface area contributed by atoms with Crippen LogP contribution in [0.3, 0.4) is 0 Å². The first-order valence-corrected chi connectivity index (χ1v) is 9.99. The number of hydrogen-bond donors (Lipinski definition) is 3. The summed E-state index contributed by atoms with van der Waals surface area (Å²) in [4.78, 5) is 4.38. The quantitative estimate of drug-likeness (QED) is 0.732. The molecule has 2 atom stereocenters. The Morgan fingerprint density at radius 1 is 1.16 bits per heavy atom. The number of nitrogens with one attached hydrogen (secondary N) is 2. The molecule has 0 spiro atoms. The summed E-state index contributed by atoms with van der Waals surface area (Å²) in [6.45, 7) is 0.493. The van der Waals surface area contributed by atoms with Gasteiger partial charge in [-0.2, -0.15) is 0 Å². The molecule has 0 unspecified atom stereocenters. The number of aliphatic hydroxyl groups is 1. The van der Waals surface area contributed by atoms with Crippen LogP contribution in [0.5, 0.6) is 0 Å². The third-order valence-corrected chi connectivity index (χ3v) is 6.22. The SMILES string of the molecule is O=S(=O)(NCC1CC1)c1ccc(N[C@H]2c3ccccc3C[C@H]2O)nc1. The van der Waals surface area contributed by atoms with Crippen LogP contribution in [0.15, 0.2) is 47.5 Å². The van der Waals surface area contributed by atoms with Gasteiger partial charge in [0.1, 0.15) is 10.7 Å². The van der Waals surface area contributed by atoms with E-state index in [1.54, 1.807) is 6.07 Å². The highest BCUT2D eigenvalue weighted by Crippen LogP contribution is 2.33. The summed E-state index contributed by atoms with van der Waals surface area (Å²) < 4.78 is 27.1. The van der Waals surface area contributed by atoms with E-state index in [-0.39, 0.29) is 10.9 Å². The topological polar surface area (TPSA) is 91.3 Å². The van der Waals surface area contributed by atoms with Crippen molar-refractivity contribution in [2.45, 2.75) is 36.3 Å². The number of hydrogen-bond acceptors (Lipinski definition) is 5. The lowest BCUT2D eigenvalue weighted by atomic mass is 10.1. The monoisotopic (exact) mass is 359 g/mol. The number of aromatic nitrogens is 1. The van der Waals surface area contributed by atoms with Gasteiger partial charge in [0.05, 0.1) is 12.1 Å². The molecule has 7 heteroatoms. The minimum atomic E-state index is -3.51. The van der Waals surface area contributed by atoms with Gasteiger partial charge in [-0.05, 0) is 42.0 Å². The van der Waals surface area contributed by atoms with Crippen LogP contribution >= 0.6 is 0 Å². The van der Waals surface area contributed by atoms with E-state index in [1.807, 2.05) is 24.3 Å². The summed E-state index contributed by atoms with van der Waals surface area (Å²) in [5, 5.41) is 13.5. The third-order valence-electron chi connectivity index (χ3n) is 4.81. The molecule has 2 aromatic rings. The van der Waals surface area contributed by atoms with E-state index in [0.717, 1.165) is 24.0 Å². The van der Waals surface area contributed by atoms with Crippen molar-refractivity contribution in [3.05, 3.63) is 53.7 Å². The van der Waals surface area contributed by atoms with Crippen LogP contribution in [0.25, 0.3) is 0 Å². The molecular formula is C18H21N3O3S. The van der Waals surface area contributed by atoms with E-state index in [4.69, 9.17) is 0 Å². The second kappa shape index (κ2) is 6.40. The second-order valence-electron chi connectivity index (χ2n) is 6.77. The maximum Gasteiger partial charge on any atom is 0.242 e. The normalized spacial score (nSPS) is 22.6. The van der Waals surface area contributed by atoms with E-state index in [2.05, 4.69) is 15.0 Å². The summed E-state index contributed by atoms with van der Waals surface area (Å²) in [5.74, 6) is 1.02. The number of pyridine rings is 1. The minimum Gasteiger partial charge on any atom is -0.390 e. The van der Waals surface area contributed by atoms with Crippen molar-refractivity contribution in [2.24, 2.45) is 5.92 Å². The zero-order chi connectivity index (χ0) is 17.4. The van der Waals surface area contributed by atoms with Gasteiger partial charge in [0.25, 0.3) is 0 Å². The van der Waals surface area contributed by atoms with Gasteiger partial charge in [-0.3, -0.25) is 0 Å². The Morgan fingerprint density at radius 3 is 2.68 bits per heavy atom. The number of fused-ring (bicyclic) bond motifs is 1. The first-order valence-electron chi connectivity index (χ1n) is 8.51. The van der Waals surface area contributed by atoms with Crippen molar-refractivity contribution in [2.75, 3.05) is 11.9 Å². The number of benzene rings is 1. The molecule has 3 N–H and O–H groups in total. The molecule has 1 fully saturated rings. The number of anilines is 1. The Labute approximate surface area is 147 Å². The molecule has 132 valence electrons. The van der Waals surface area contributed by atoms with Crippen LogP contribution < -0.4 is 10.0 Å². The second-order valence-corrected chi connectivity index (χ2v) is 8.53. The third kappa shape index (κ3) is 3.53. The Balaban J connectivity index is 1.47. The molecule has 0 amide bonds. The maximum absolute atomic E-state index is 12.2. The minimum absolute atomic E-state index is 0.158. The summed E-state index contributed by atoms with van der Waals surface area (Å²) in [5.41, 5.74) is 2.18. The number of nitrogens with zero attached hydrogens (tertiary/aromatic N) is 1. The molecule has 1 aromatic heterocycles. The molecule has 2 aliphatic carbocycles. The molecule has 0 radical (unpaired) electrons. The van der Waals surface area contributed by atoms with Crippen LogP contribution in [0.2, 0.25) is 0 Å². The lowest BCUT2D eigenvalue weighted by Crippen LogP contribution is -2.26. The number of sulfonamides is 1. The highest BCUT2D eigenvalue weighted by atomic mass is 32.2. The Kier molecular flexibility index (Phi) is 4.23. The number of rotatable bonds is 6. The molecule has 1 heterocycles. The molecule has 0 aliphatic heterocycles.